The molecule has 2 atom stereocenters. The number of hydrogen-bond acceptors (Lipinski definition) is 6. The number of nitrogens with one attached hydrogen (secondary N) is 4. The topological polar surface area (TPSA) is 135 Å². The molecule has 0 spiro atoms. The summed E-state index contributed by atoms with van der Waals surface area (Å²) in [4.78, 5) is 48.9. The molecule has 4 amide bonds. The zero-order valence-corrected chi connectivity index (χ0v) is 24.7. The Balaban J connectivity index is 1.34. The Morgan fingerprint density at radius 3 is 1.45 bits per heavy atom. The van der Waals surface area contributed by atoms with Gasteiger partial charge in [0.05, 0.1) is 24.3 Å². The molecule has 0 bridgehead atoms. The first-order valence-electron chi connectivity index (χ1n) is 15.0. The summed E-state index contributed by atoms with van der Waals surface area (Å²) in [7, 11) is 0. The van der Waals surface area contributed by atoms with Gasteiger partial charge in [-0.05, 0) is 92.5 Å². The molecule has 1 aliphatic rings. The largest absolute Gasteiger partial charge is 0.462 e. The molecule has 10 nitrogen and oxygen atoms in total. The molecular formula is C32H44N4O6. The lowest BCUT2D eigenvalue weighted by Crippen LogP contribution is -2.38. The average Bonchev–Trinajstić information content (AvgIpc) is 3.00. The normalized spacial score (nSPS) is 16.1. The summed E-state index contributed by atoms with van der Waals surface area (Å²) < 4.78 is 10.4. The molecule has 1 aliphatic carbocycles. The van der Waals surface area contributed by atoms with Crippen molar-refractivity contribution in [2.45, 2.75) is 65.2 Å². The zero-order chi connectivity index (χ0) is 30.2. The molecule has 2 aromatic rings. The SMILES string of the molecule is CCCCOC(=O)c1ccc(NC(=O)NC[C@@H]2CCC[C@@H](CNC(=O)Nc3ccc(C(=O)OCCCC)cc3)C2)cc1. The van der Waals surface area contributed by atoms with Crippen LogP contribution in [-0.4, -0.2) is 50.3 Å². The van der Waals surface area contributed by atoms with Crippen molar-refractivity contribution >= 4 is 35.4 Å². The monoisotopic (exact) mass is 580 g/mol. The molecule has 0 unspecified atom stereocenters. The van der Waals surface area contributed by atoms with Gasteiger partial charge >= 0.3 is 24.0 Å². The minimum absolute atomic E-state index is 0.298. The fourth-order valence-corrected chi connectivity index (χ4v) is 4.76. The van der Waals surface area contributed by atoms with Crippen LogP contribution in [0.3, 0.4) is 0 Å². The van der Waals surface area contributed by atoms with Crippen molar-refractivity contribution < 1.29 is 28.7 Å². The molecule has 3 rings (SSSR count). The Morgan fingerprint density at radius 2 is 1.07 bits per heavy atom. The number of anilines is 2. The van der Waals surface area contributed by atoms with Gasteiger partial charge < -0.3 is 30.7 Å². The number of unbranched alkanes of at least 4 members (excludes halogenated alkanes) is 2. The number of benzene rings is 2. The molecule has 0 heterocycles. The van der Waals surface area contributed by atoms with E-state index >= 15 is 0 Å². The third kappa shape index (κ3) is 11.4. The summed E-state index contributed by atoms with van der Waals surface area (Å²) in [5, 5.41) is 11.5. The fourth-order valence-electron chi connectivity index (χ4n) is 4.76. The smallest absolute Gasteiger partial charge is 0.338 e. The maximum atomic E-state index is 12.4. The molecular weight excluding hydrogens is 536 g/mol. The third-order valence-corrected chi connectivity index (χ3v) is 7.21. The van der Waals surface area contributed by atoms with Crippen LogP contribution in [0.2, 0.25) is 0 Å². The van der Waals surface area contributed by atoms with E-state index in [0.717, 1.165) is 51.4 Å². The van der Waals surface area contributed by atoms with Crippen molar-refractivity contribution in [3.63, 3.8) is 0 Å². The summed E-state index contributed by atoms with van der Waals surface area (Å²) in [6.45, 7) is 5.96. The van der Waals surface area contributed by atoms with Crippen molar-refractivity contribution in [1.29, 1.82) is 0 Å². The maximum Gasteiger partial charge on any atom is 0.338 e. The van der Waals surface area contributed by atoms with Crippen molar-refractivity contribution in [1.82, 2.24) is 10.6 Å². The Bertz CT molecular complexity index is 1060. The highest BCUT2D eigenvalue weighted by Crippen LogP contribution is 2.28. The summed E-state index contributed by atoms with van der Waals surface area (Å²) in [5.74, 6) is -0.0872. The van der Waals surface area contributed by atoms with E-state index in [4.69, 9.17) is 9.47 Å². The van der Waals surface area contributed by atoms with Gasteiger partial charge in [-0.3, -0.25) is 0 Å². The predicted octanol–water partition coefficient (Wildman–Crippen LogP) is 6.35. The summed E-state index contributed by atoms with van der Waals surface area (Å²) in [5.41, 5.74) is 2.09. The molecule has 10 heteroatoms. The molecule has 0 saturated heterocycles. The number of ether oxygens (including phenoxy) is 2. The Hall–Kier alpha value is -4.08. The molecule has 2 aromatic carbocycles. The quantitative estimate of drug-likeness (QED) is 0.152. The number of carbonyl (C=O) groups is 4. The highest BCUT2D eigenvalue weighted by molar-refractivity contribution is 5.93. The van der Waals surface area contributed by atoms with E-state index < -0.39 is 0 Å². The first kappa shape index (κ1) is 32.4. The van der Waals surface area contributed by atoms with Gasteiger partial charge in [-0.1, -0.05) is 33.1 Å². The summed E-state index contributed by atoms with van der Waals surface area (Å²) in [6, 6.07) is 12.7. The molecule has 1 fully saturated rings. The van der Waals surface area contributed by atoms with Crippen molar-refractivity contribution in [2.24, 2.45) is 11.8 Å². The Labute approximate surface area is 248 Å². The van der Waals surface area contributed by atoms with E-state index in [0.29, 0.717) is 60.6 Å². The second-order valence-corrected chi connectivity index (χ2v) is 10.7. The maximum absolute atomic E-state index is 12.4. The molecule has 1 saturated carbocycles. The summed E-state index contributed by atoms with van der Waals surface area (Å²) in [6.07, 6.45) is 7.55. The zero-order valence-electron chi connectivity index (χ0n) is 24.7. The van der Waals surface area contributed by atoms with Crippen LogP contribution in [0.1, 0.15) is 85.9 Å². The second kappa shape index (κ2) is 17.7. The Kier molecular flexibility index (Phi) is 13.6. The predicted molar refractivity (Wildman–Crippen MR) is 163 cm³/mol. The van der Waals surface area contributed by atoms with E-state index in [9.17, 15) is 19.2 Å². The number of rotatable bonds is 14. The first-order valence-corrected chi connectivity index (χ1v) is 15.0. The lowest BCUT2D eigenvalue weighted by molar-refractivity contribution is 0.0490. The molecule has 0 aliphatic heterocycles. The van der Waals surface area contributed by atoms with Crippen LogP contribution >= 0.6 is 0 Å². The number of amides is 4. The minimum atomic E-state index is -0.367. The average molecular weight is 581 g/mol. The first-order chi connectivity index (χ1) is 20.4. The fraction of sp³-hybridized carbons (Fsp3) is 0.500. The van der Waals surface area contributed by atoms with Crippen molar-refractivity contribution in [2.75, 3.05) is 36.9 Å². The van der Waals surface area contributed by atoms with Crippen LogP contribution in [0, 0.1) is 11.8 Å². The van der Waals surface area contributed by atoms with Gasteiger partial charge in [0.1, 0.15) is 0 Å². The van der Waals surface area contributed by atoms with Gasteiger partial charge in [0.2, 0.25) is 0 Å². The van der Waals surface area contributed by atoms with E-state index in [2.05, 4.69) is 21.3 Å². The number of hydrogen-bond donors (Lipinski definition) is 4. The van der Waals surface area contributed by atoms with Gasteiger partial charge in [0, 0.05) is 24.5 Å². The molecule has 0 radical (unpaired) electrons. The second-order valence-electron chi connectivity index (χ2n) is 10.7. The number of urea groups is 2. The molecule has 228 valence electrons. The molecule has 4 N–H and O–H groups in total. The lowest BCUT2D eigenvalue weighted by Gasteiger charge is -2.29. The van der Waals surface area contributed by atoms with Gasteiger partial charge in [0.25, 0.3) is 0 Å². The van der Waals surface area contributed by atoms with Gasteiger partial charge in [-0.2, -0.15) is 0 Å². The summed E-state index contributed by atoms with van der Waals surface area (Å²) >= 11 is 0. The molecule has 0 aromatic heterocycles. The highest BCUT2D eigenvalue weighted by atomic mass is 16.5. The van der Waals surface area contributed by atoms with Crippen LogP contribution in [0.5, 0.6) is 0 Å². The van der Waals surface area contributed by atoms with Gasteiger partial charge in [-0.15, -0.1) is 0 Å². The highest BCUT2D eigenvalue weighted by Gasteiger charge is 2.23. The van der Waals surface area contributed by atoms with Crippen LogP contribution in [-0.2, 0) is 9.47 Å². The Morgan fingerprint density at radius 1 is 0.667 bits per heavy atom. The minimum Gasteiger partial charge on any atom is -0.462 e. The van der Waals surface area contributed by atoms with Gasteiger partial charge in [-0.25, -0.2) is 19.2 Å². The van der Waals surface area contributed by atoms with E-state index in [1.54, 1.807) is 48.5 Å². The van der Waals surface area contributed by atoms with Crippen LogP contribution < -0.4 is 21.3 Å². The van der Waals surface area contributed by atoms with Crippen LogP contribution in [0.25, 0.3) is 0 Å². The van der Waals surface area contributed by atoms with E-state index in [-0.39, 0.29) is 24.0 Å². The third-order valence-electron chi connectivity index (χ3n) is 7.21. The van der Waals surface area contributed by atoms with E-state index in [1.807, 2.05) is 13.8 Å². The van der Waals surface area contributed by atoms with Crippen molar-refractivity contribution in [3.05, 3.63) is 59.7 Å². The van der Waals surface area contributed by atoms with Crippen LogP contribution in [0.15, 0.2) is 48.5 Å². The van der Waals surface area contributed by atoms with Crippen LogP contribution in [0.4, 0.5) is 21.0 Å². The van der Waals surface area contributed by atoms with Crippen molar-refractivity contribution in [3.8, 4) is 0 Å². The lowest BCUT2D eigenvalue weighted by atomic mass is 9.81. The standard InChI is InChI=1S/C32H44N4O6/c1-3-5-18-41-29(37)25-10-14-27(15-11-25)35-31(39)33-21-23-8-7-9-24(20-23)22-34-32(40)36-28-16-12-26(13-17-28)30(38)42-19-6-4-2/h10-17,23-24H,3-9,18-22H2,1-2H3,(H2,33,35,39)(H2,34,36,40)/t23-,24-/m1/s1. The number of esters is 2. The van der Waals surface area contributed by atoms with E-state index in [1.165, 1.54) is 0 Å². The number of carbonyl (C=O) groups excluding carboxylic acids is 4. The molecule has 42 heavy (non-hydrogen) atoms. The van der Waals surface area contributed by atoms with Gasteiger partial charge in [0.15, 0.2) is 0 Å².